The van der Waals surface area contributed by atoms with Gasteiger partial charge in [0.05, 0.1) is 18.0 Å². The molecule has 0 bridgehead atoms. The number of thioether (sulfide) groups is 1. The Balaban J connectivity index is 1.60. The van der Waals surface area contributed by atoms with Crippen molar-refractivity contribution in [2.45, 2.75) is 31.2 Å². The van der Waals surface area contributed by atoms with Crippen molar-refractivity contribution in [3.8, 4) is 17.0 Å². The zero-order chi connectivity index (χ0) is 21.3. The smallest absolute Gasteiger partial charge is 0.266 e. The van der Waals surface area contributed by atoms with Crippen LogP contribution in [0.2, 0.25) is 0 Å². The molecule has 156 valence electrons. The minimum atomic E-state index is -0.183. The standard InChI is InChI=1S/C23H25N3O3S/c1-3-29-18-12-10-17(11-13-18)19-14-15-23(28)26(25-19)16-6-9-22(27)24-20-7-4-5-8-21(20)30-2/h4-5,7-8,10-15H,3,6,9,16H2,1-2H3,(H,24,27). The van der Waals surface area contributed by atoms with Gasteiger partial charge in [-0.2, -0.15) is 5.10 Å². The van der Waals surface area contributed by atoms with E-state index in [9.17, 15) is 9.59 Å². The number of benzene rings is 2. The Hall–Kier alpha value is -3.06. The van der Waals surface area contributed by atoms with Crippen LogP contribution in [-0.2, 0) is 11.3 Å². The lowest BCUT2D eigenvalue weighted by molar-refractivity contribution is -0.116. The SMILES string of the molecule is CCOc1ccc(-c2ccc(=O)n(CCCC(=O)Nc3ccccc3SC)n2)cc1. The molecule has 3 rings (SSSR count). The van der Waals surface area contributed by atoms with E-state index in [1.165, 1.54) is 10.7 Å². The van der Waals surface area contributed by atoms with Crippen molar-refractivity contribution >= 4 is 23.4 Å². The normalized spacial score (nSPS) is 10.6. The molecule has 30 heavy (non-hydrogen) atoms. The highest BCUT2D eigenvalue weighted by Gasteiger charge is 2.08. The number of aromatic nitrogens is 2. The summed E-state index contributed by atoms with van der Waals surface area (Å²) >= 11 is 1.59. The lowest BCUT2D eigenvalue weighted by Crippen LogP contribution is -2.23. The average molecular weight is 424 g/mol. The Morgan fingerprint density at radius 3 is 2.60 bits per heavy atom. The van der Waals surface area contributed by atoms with Crippen LogP contribution in [-0.4, -0.2) is 28.6 Å². The molecule has 0 saturated carbocycles. The number of nitrogens with zero attached hydrogens (tertiary/aromatic N) is 2. The molecule has 0 atom stereocenters. The van der Waals surface area contributed by atoms with Gasteiger partial charge in [-0.05, 0) is 62.1 Å². The minimum absolute atomic E-state index is 0.0767. The minimum Gasteiger partial charge on any atom is -0.494 e. The van der Waals surface area contributed by atoms with Crippen LogP contribution >= 0.6 is 11.8 Å². The van der Waals surface area contributed by atoms with Crippen LogP contribution in [0.1, 0.15) is 19.8 Å². The summed E-state index contributed by atoms with van der Waals surface area (Å²) in [6.45, 7) is 2.92. The summed E-state index contributed by atoms with van der Waals surface area (Å²) < 4.78 is 6.87. The number of ether oxygens (including phenoxy) is 1. The highest BCUT2D eigenvalue weighted by molar-refractivity contribution is 7.98. The van der Waals surface area contributed by atoms with Crippen molar-refractivity contribution < 1.29 is 9.53 Å². The summed E-state index contributed by atoms with van der Waals surface area (Å²) in [6.07, 6.45) is 2.80. The van der Waals surface area contributed by atoms with Crippen molar-refractivity contribution in [3.63, 3.8) is 0 Å². The fraction of sp³-hybridized carbons (Fsp3) is 0.261. The molecule has 2 aromatic carbocycles. The maximum Gasteiger partial charge on any atom is 0.266 e. The van der Waals surface area contributed by atoms with Gasteiger partial charge in [0, 0.05) is 29.5 Å². The molecule has 0 aliphatic rings. The first kappa shape index (κ1) is 21.6. The lowest BCUT2D eigenvalue weighted by atomic mass is 10.1. The van der Waals surface area contributed by atoms with Crippen molar-refractivity contribution in [2.24, 2.45) is 0 Å². The van der Waals surface area contributed by atoms with E-state index in [4.69, 9.17) is 4.74 Å². The lowest BCUT2D eigenvalue weighted by Gasteiger charge is -2.10. The highest BCUT2D eigenvalue weighted by atomic mass is 32.2. The van der Waals surface area contributed by atoms with Gasteiger partial charge in [-0.15, -0.1) is 11.8 Å². The Bertz CT molecular complexity index is 1050. The van der Waals surface area contributed by atoms with E-state index in [1.54, 1.807) is 17.8 Å². The van der Waals surface area contributed by atoms with Gasteiger partial charge in [0.2, 0.25) is 5.91 Å². The van der Waals surface area contributed by atoms with Crippen LogP contribution in [0.25, 0.3) is 11.3 Å². The topological polar surface area (TPSA) is 73.2 Å². The summed E-state index contributed by atoms with van der Waals surface area (Å²) in [5, 5.41) is 7.39. The summed E-state index contributed by atoms with van der Waals surface area (Å²) in [5.74, 6) is 0.718. The molecular formula is C23H25N3O3S. The molecule has 0 spiro atoms. The van der Waals surface area contributed by atoms with Crippen molar-refractivity contribution in [3.05, 3.63) is 71.0 Å². The van der Waals surface area contributed by atoms with Crippen molar-refractivity contribution in [1.29, 1.82) is 0 Å². The number of hydrogen-bond donors (Lipinski definition) is 1. The Kier molecular flexibility index (Phi) is 7.68. The fourth-order valence-electron chi connectivity index (χ4n) is 3.00. The predicted molar refractivity (Wildman–Crippen MR) is 121 cm³/mol. The van der Waals surface area contributed by atoms with Crippen LogP contribution in [0.3, 0.4) is 0 Å². The van der Waals surface area contributed by atoms with Gasteiger partial charge >= 0.3 is 0 Å². The number of carbonyl (C=O) groups excluding carboxylic acids is 1. The van der Waals surface area contributed by atoms with Crippen LogP contribution in [0.4, 0.5) is 5.69 Å². The van der Waals surface area contributed by atoms with Gasteiger partial charge in [0.25, 0.3) is 5.56 Å². The van der Waals surface area contributed by atoms with Crippen molar-refractivity contribution in [2.75, 3.05) is 18.2 Å². The number of para-hydroxylation sites is 1. The fourth-order valence-corrected chi connectivity index (χ4v) is 3.56. The maximum absolute atomic E-state index is 12.3. The first-order valence-corrected chi connectivity index (χ1v) is 11.1. The molecule has 0 aliphatic carbocycles. The number of hydrogen-bond acceptors (Lipinski definition) is 5. The Labute approximate surface area is 180 Å². The third kappa shape index (κ3) is 5.73. The van der Waals surface area contributed by atoms with E-state index in [2.05, 4.69) is 10.4 Å². The third-order valence-electron chi connectivity index (χ3n) is 4.48. The summed E-state index contributed by atoms with van der Waals surface area (Å²) in [5.41, 5.74) is 2.23. The molecule has 6 nitrogen and oxygen atoms in total. The first-order chi connectivity index (χ1) is 14.6. The average Bonchev–Trinajstić information content (AvgIpc) is 2.76. The van der Waals surface area contributed by atoms with Gasteiger partial charge in [-0.25, -0.2) is 4.68 Å². The first-order valence-electron chi connectivity index (χ1n) is 9.85. The number of carbonyl (C=O) groups is 1. The Morgan fingerprint density at radius 1 is 1.10 bits per heavy atom. The molecule has 1 amide bonds. The van der Waals surface area contributed by atoms with Gasteiger partial charge in [-0.1, -0.05) is 12.1 Å². The quantitative estimate of drug-likeness (QED) is 0.515. The van der Waals surface area contributed by atoms with E-state index in [0.717, 1.165) is 21.9 Å². The molecule has 0 aliphatic heterocycles. The van der Waals surface area contributed by atoms with Gasteiger partial charge in [0.1, 0.15) is 5.75 Å². The second-order valence-electron chi connectivity index (χ2n) is 6.59. The van der Waals surface area contributed by atoms with E-state index in [0.29, 0.717) is 31.7 Å². The van der Waals surface area contributed by atoms with Crippen LogP contribution in [0.5, 0.6) is 5.75 Å². The molecule has 1 aromatic heterocycles. The Morgan fingerprint density at radius 2 is 1.87 bits per heavy atom. The molecule has 1 heterocycles. The van der Waals surface area contributed by atoms with Crippen molar-refractivity contribution in [1.82, 2.24) is 9.78 Å². The number of nitrogens with one attached hydrogen (secondary N) is 1. The van der Waals surface area contributed by atoms with Gasteiger partial charge in [-0.3, -0.25) is 9.59 Å². The highest BCUT2D eigenvalue weighted by Crippen LogP contribution is 2.24. The molecule has 0 unspecified atom stereocenters. The molecule has 0 radical (unpaired) electrons. The zero-order valence-electron chi connectivity index (χ0n) is 17.1. The van der Waals surface area contributed by atoms with E-state index in [1.807, 2.05) is 61.7 Å². The van der Waals surface area contributed by atoms with Gasteiger partial charge in [0.15, 0.2) is 0 Å². The summed E-state index contributed by atoms with van der Waals surface area (Å²) in [4.78, 5) is 25.5. The van der Waals surface area contributed by atoms with Gasteiger partial charge < -0.3 is 10.1 Å². The summed E-state index contributed by atoms with van der Waals surface area (Å²) in [6, 6.07) is 18.5. The maximum atomic E-state index is 12.3. The molecule has 3 aromatic rings. The number of rotatable bonds is 9. The number of aryl methyl sites for hydroxylation is 1. The second kappa shape index (κ2) is 10.6. The molecule has 1 N–H and O–H groups in total. The van der Waals surface area contributed by atoms with Crippen LogP contribution < -0.4 is 15.6 Å². The van der Waals surface area contributed by atoms with Crippen LogP contribution in [0, 0.1) is 0 Å². The number of amides is 1. The molecular weight excluding hydrogens is 398 g/mol. The van der Waals surface area contributed by atoms with Crippen LogP contribution in [0.15, 0.2) is 70.4 Å². The number of anilines is 1. The van der Waals surface area contributed by atoms with E-state index >= 15 is 0 Å². The molecule has 7 heteroatoms. The molecule has 0 saturated heterocycles. The summed E-state index contributed by atoms with van der Waals surface area (Å²) in [7, 11) is 0. The monoisotopic (exact) mass is 423 g/mol. The second-order valence-corrected chi connectivity index (χ2v) is 7.44. The predicted octanol–water partition coefficient (Wildman–Crippen LogP) is 4.45. The largest absolute Gasteiger partial charge is 0.494 e. The third-order valence-corrected chi connectivity index (χ3v) is 5.28. The van der Waals surface area contributed by atoms with E-state index in [-0.39, 0.29) is 11.5 Å². The zero-order valence-corrected chi connectivity index (χ0v) is 17.9. The molecule has 0 fully saturated rings. The van der Waals surface area contributed by atoms with E-state index < -0.39 is 0 Å².